The SMILES string of the molecule is CC[C@@H]1CSC(=Nc2ccc(OC)cc2)N1C(=O)/C=C/c1ccc(Cl)cc1. The second kappa shape index (κ2) is 9.11. The van der Waals surface area contributed by atoms with Gasteiger partial charge < -0.3 is 4.74 Å². The van der Waals surface area contributed by atoms with Crippen LogP contribution in [0.1, 0.15) is 18.9 Å². The first-order chi connectivity index (χ1) is 13.1. The lowest BCUT2D eigenvalue weighted by molar-refractivity contribution is -0.123. The quantitative estimate of drug-likeness (QED) is 0.630. The number of methoxy groups -OCH3 is 1. The van der Waals surface area contributed by atoms with Crippen molar-refractivity contribution in [2.45, 2.75) is 19.4 Å². The van der Waals surface area contributed by atoms with Gasteiger partial charge in [0.25, 0.3) is 5.91 Å². The van der Waals surface area contributed by atoms with Gasteiger partial charge >= 0.3 is 0 Å². The van der Waals surface area contributed by atoms with Crippen LogP contribution >= 0.6 is 23.4 Å². The third-order valence-electron chi connectivity index (χ3n) is 4.27. The number of ether oxygens (including phenoxy) is 1. The summed E-state index contributed by atoms with van der Waals surface area (Å²) < 4.78 is 5.18. The van der Waals surface area contributed by atoms with E-state index in [1.165, 1.54) is 0 Å². The van der Waals surface area contributed by atoms with Gasteiger partial charge in [-0.25, -0.2) is 4.99 Å². The molecular weight excluding hydrogens is 380 g/mol. The molecule has 0 spiro atoms. The Morgan fingerprint density at radius 3 is 2.59 bits per heavy atom. The lowest BCUT2D eigenvalue weighted by Gasteiger charge is -2.21. The topological polar surface area (TPSA) is 41.9 Å². The number of amides is 1. The smallest absolute Gasteiger partial charge is 0.252 e. The van der Waals surface area contributed by atoms with Crippen molar-refractivity contribution in [3.05, 3.63) is 65.2 Å². The molecule has 0 unspecified atom stereocenters. The number of nitrogens with zero attached hydrogens (tertiary/aromatic N) is 2. The number of carbonyl (C=O) groups excluding carboxylic acids is 1. The molecule has 4 nitrogen and oxygen atoms in total. The summed E-state index contributed by atoms with van der Waals surface area (Å²) in [4.78, 5) is 19.3. The molecule has 140 valence electrons. The third-order valence-corrected chi connectivity index (χ3v) is 5.62. The number of aliphatic imine (C=N–C) groups is 1. The summed E-state index contributed by atoms with van der Waals surface area (Å²) in [7, 11) is 1.63. The van der Waals surface area contributed by atoms with E-state index in [0.29, 0.717) is 5.02 Å². The van der Waals surface area contributed by atoms with Gasteiger partial charge in [-0.3, -0.25) is 9.69 Å². The van der Waals surface area contributed by atoms with Crippen molar-refractivity contribution in [3.8, 4) is 5.75 Å². The van der Waals surface area contributed by atoms with Crippen molar-refractivity contribution in [1.82, 2.24) is 4.90 Å². The number of carbonyl (C=O) groups is 1. The highest BCUT2D eigenvalue weighted by atomic mass is 35.5. The van der Waals surface area contributed by atoms with Crippen molar-refractivity contribution < 1.29 is 9.53 Å². The second-order valence-electron chi connectivity index (χ2n) is 6.06. The van der Waals surface area contributed by atoms with Crippen LogP contribution in [0.2, 0.25) is 5.02 Å². The molecule has 3 rings (SSSR count). The standard InChI is InChI=1S/C21H21ClN2O2S/c1-3-18-14-27-21(23-17-9-11-19(26-2)12-10-17)24(18)20(25)13-6-15-4-7-16(22)8-5-15/h4-13,18H,3,14H2,1-2H3/b13-6+,23-21?/t18-/m1/s1. The van der Waals surface area contributed by atoms with E-state index in [0.717, 1.165) is 34.3 Å². The van der Waals surface area contributed by atoms with Crippen LogP contribution in [0.4, 0.5) is 5.69 Å². The molecule has 6 heteroatoms. The fourth-order valence-corrected chi connectivity index (χ4v) is 4.12. The zero-order valence-electron chi connectivity index (χ0n) is 15.3. The molecule has 1 fully saturated rings. The third kappa shape index (κ3) is 4.93. The Bertz CT molecular complexity index is 847. The monoisotopic (exact) mass is 400 g/mol. The van der Waals surface area contributed by atoms with E-state index in [9.17, 15) is 4.79 Å². The largest absolute Gasteiger partial charge is 0.497 e. The minimum absolute atomic E-state index is 0.0611. The highest BCUT2D eigenvalue weighted by Gasteiger charge is 2.32. The van der Waals surface area contributed by atoms with Crippen LogP contribution in [0.5, 0.6) is 5.75 Å². The number of halogens is 1. The van der Waals surface area contributed by atoms with E-state index < -0.39 is 0 Å². The Kier molecular flexibility index (Phi) is 6.58. The zero-order valence-corrected chi connectivity index (χ0v) is 16.8. The molecule has 1 amide bonds. The molecule has 2 aromatic carbocycles. The van der Waals surface area contributed by atoms with E-state index in [1.54, 1.807) is 35.9 Å². The Morgan fingerprint density at radius 2 is 1.96 bits per heavy atom. The fourth-order valence-electron chi connectivity index (χ4n) is 2.72. The number of rotatable bonds is 5. The molecule has 0 radical (unpaired) electrons. The maximum absolute atomic E-state index is 12.9. The minimum Gasteiger partial charge on any atom is -0.497 e. The molecule has 1 saturated heterocycles. The van der Waals surface area contributed by atoms with Crippen molar-refractivity contribution in [3.63, 3.8) is 0 Å². The lowest BCUT2D eigenvalue weighted by Crippen LogP contribution is -2.37. The molecule has 1 atom stereocenters. The van der Waals surface area contributed by atoms with Gasteiger partial charge in [-0.05, 0) is 54.5 Å². The Morgan fingerprint density at radius 1 is 1.26 bits per heavy atom. The normalized spacial score (nSPS) is 18.4. The molecule has 0 aliphatic carbocycles. The van der Waals surface area contributed by atoms with Gasteiger partial charge in [0, 0.05) is 22.9 Å². The fraction of sp³-hybridized carbons (Fsp3) is 0.238. The van der Waals surface area contributed by atoms with Gasteiger partial charge in [0.1, 0.15) is 5.75 Å². The molecule has 1 aliphatic rings. The van der Waals surface area contributed by atoms with E-state index in [-0.39, 0.29) is 11.9 Å². The molecule has 2 aromatic rings. The number of hydrogen-bond acceptors (Lipinski definition) is 4. The molecule has 0 saturated carbocycles. The van der Waals surface area contributed by atoms with E-state index >= 15 is 0 Å². The van der Waals surface area contributed by atoms with E-state index in [1.807, 2.05) is 48.5 Å². The number of thioether (sulfide) groups is 1. The lowest BCUT2D eigenvalue weighted by atomic mass is 10.2. The summed E-state index contributed by atoms with van der Waals surface area (Å²) in [5.41, 5.74) is 1.73. The van der Waals surface area contributed by atoms with Crippen LogP contribution in [0, 0.1) is 0 Å². The van der Waals surface area contributed by atoms with E-state index in [2.05, 4.69) is 11.9 Å². The summed E-state index contributed by atoms with van der Waals surface area (Å²) in [6, 6.07) is 15.0. The van der Waals surface area contributed by atoms with Crippen LogP contribution in [0.25, 0.3) is 6.08 Å². The minimum atomic E-state index is -0.0611. The summed E-state index contributed by atoms with van der Waals surface area (Å²) in [5, 5.41) is 1.41. The first kappa shape index (κ1) is 19.5. The molecule has 1 aliphatic heterocycles. The number of amidine groups is 1. The van der Waals surface area contributed by atoms with Gasteiger partial charge in [-0.2, -0.15) is 0 Å². The number of benzene rings is 2. The average molecular weight is 401 g/mol. The average Bonchev–Trinajstić information content (AvgIpc) is 3.10. The van der Waals surface area contributed by atoms with Gasteiger partial charge in [-0.1, -0.05) is 42.4 Å². The maximum Gasteiger partial charge on any atom is 0.252 e. The van der Waals surface area contributed by atoms with Crippen molar-refractivity contribution >= 4 is 46.2 Å². The summed E-state index contributed by atoms with van der Waals surface area (Å²) >= 11 is 7.52. The zero-order chi connectivity index (χ0) is 19.2. The Labute approximate surface area is 168 Å². The highest BCUT2D eigenvalue weighted by Crippen LogP contribution is 2.29. The van der Waals surface area contributed by atoms with Crippen LogP contribution in [0.3, 0.4) is 0 Å². The predicted molar refractivity (Wildman–Crippen MR) is 114 cm³/mol. The van der Waals surface area contributed by atoms with Crippen LogP contribution in [0.15, 0.2) is 59.6 Å². The van der Waals surface area contributed by atoms with Crippen molar-refractivity contribution in [2.75, 3.05) is 12.9 Å². The van der Waals surface area contributed by atoms with Crippen molar-refractivity contribution in [2.24, 2.45) is 4.99 Å². The molecule has 27 heavy (non-hydrogen) atoms. The highest BCUT2D eigenvalue weighted by molar-refractivity contribution is 8.14. The van der Waals surface area contributed by atoms with Gasteiger partial charge in [0.2, 0.25) is 0 Å². The Balaban J connectivity index is 1.80. The van der Waals surface area contributed by atoms with Gasteiger partial charge in [0.05, 0.1) is 12.8 Å². The summed E-state index contributed by atoms with van der Waals surface area (Å²) in [5.74, 6) is 1.57. The van der Waals surface area contributed by atoms with Crippen LogP contribution in [-0.2, 0) is 4.79 Å². The number of hydrogen-bond donors (Lipinski definition) is 0. The maximum atomic E-state index is 12.9. The van der Waals surface area contributed by atoms with Crippen LogP contribution < -0.4 is 4.74 Å². The predicted octanol–water partition coefficient (Wildman–Crippen LogP) is 5.40. The van der Waals surface area contributed by atoms with Gasteiger partial charge in [-0.15, -0.1) is 0 Å². The molecule has 0 aromatic heterocycles. The Hall–Kier alpha value is -2.24. The first-order valence-corrected chi connectivity index (χ1v) is 10.1. The van der Waals surface area contributed by atoms with Gasteiger partial charge in [0.15, 0.2) is 5.17 Å². The molecular formula is C21H21ClN2O2S. The first-order valence-electron chi connectivity index (χ1n) is 8.73. The molecule has 0 bridgehead atoms. The molecule has 0 N–H and O–H groups in total. The second-order valence-corrected chi connectivity index (χ2v) is 7.48. The summed E-state index contributed by atoms with van der Waals surface area (Å²) in [6.45, 7) is 2.09. The van der Waals surface area contributed by atoms with E-state index in [4.69, 9.17) is 16.3 Å². The van der Waals surface area contributed by atoms with Crippen molar-refractivity contribution in [1.29, 1.82) is 0 Å². The van der Waals surface area contributed by atoms with Crippen LogP contribution in [-0.4, -0.2) is 34.9 Å². The molecule has 1 heterocycles. The summed E-state index contributed by atoms with van der Waals surface area (Å²) in [6.07, 6.45) is 4.29.